The van der Waals surface area contributed by atoms with Gasteiger partial charge in [-0.2, -0.15) is 0 Å². The van der Waals surface area contributed by atoms with E-state index in [4.69, 9.17) is 23.2 Å². The molecule has 2 unspecified atom stereocenters. The van der Waals surface area contributed by atoms with Crippen LogP contribution >= 0.6 is 23.2 Å². The maximum Gasteiger partial charge on any atom is 0.0334 e. The molecule has 2 heteroatoms. The molecule has 0 saturated heterocycles. The largest absolute Gasteiger partial charge is 0.123 e. The minimum Gasteiger partial charge on any atom is -0.123 e. The molecule has 0 amide bonds. The molecule has 9 heavy (non-hydrogen) atoms. The summed E-state index contributed by atoms with van der Waals surface area (Å²) in [6, 6.07) is 0. The summed E-state index contributed by atoms with van der Waals surface area (Å²) in [4.78, 5) is 0. The molecule has 0 aromatic heterocycles. The SMILES string of the molecule is CCC(Cl)CCC(C)Cl. The van der Waals surface area contributed by atoms with Gasteiger partial charge in [0.25, 0.3) is 0 Å². The van der Waals surface area contributed by atoms with Gasteiger partial charge in [0.2, 0.25) is 0 Å². The van der Waals surface area contributed by atoms with Crippen LogP contribution in [-0.2, 0) is 0 Å². The molecule has 0 bridgehead atoms. The smallest absolute Gasteiger partial charge is 0.0334 e. The van der Waals surface area contributed by atoms with Crippen LogP contribution < -0.4 is 0 Å². The maximum atomic E-state index is 5.85. The monoisotopic (exact) mass is 168 g/mol. The molecule has 0 aliphatic heterocycles. The van der Waals surface area contributed by atoms with Gasteiger partial charge in [-0.15, -0.1) is 23.2 Å². The van der Waals surface area contributed by atoms with Crippen LogP contribution in [0.2, 0.25) is 0 Å². The van der Waals surface area contributed by atoms with Crippen LogP contribution in [0.1, 0.15) is 33.1 Å². The Hall–Kier alpha value is 0.580. The summed E-state index contributed by atoms with van der Waals surface area (Å²) in [6.07, 6.45) is 3.12. The van der Waals surface area contributed by atoms with E-state index in [0.717, 1.165) is 19.3 Å². The molecule has 0 heterocycles. The predicted octanol–water partition coefficient (Wildman–Crippen LogP) is 3.41. The molecular weight excluding hydrogens is 155 g/mol. The third kappa shape index (κ3) is 6.47. The first kappa shape index (κ1) is 9.58. The average molecular weight is 169 g/mol. The lowest BCUT2D eigenvalue weighted by Gasteiger charge is -2.05. The zero-order valence-corrected chi connectivity index (χ0v) is 7.54. The summed E-state index contributed by atoms with van der Waals surface area (Å²) in [5.41, 5.74) is 0. The molecule has 0 aromatic carbocycles. The minimum atomic E-state index is 0.276. The molecule has 0 fully saturated rings. The van der Waals surface area contributed by atoms with Gasteiger partial charge in [-0.25, -0.2) is 0 Å². The standard InChI is InChI=1S/C7H14Cl2/c1-3-7(9)5-4-6(2)8/h6-7H,3-5H2,1-2H3. The average Bonchev–Trinajstić information content (AvgIpc) is 1.83. The quantitative estimate of drug-likeness (QED) is 0.565. The topological polar surface area (TPSA) is 0 Å². The molecule has 0 spiro atoms. The highest BCUT2D eigenvalue weighted by molar-refractivity contribution is 6.21. The van der Waals surface area contributed by atoms with Crippen LogP contribution in [-0.4, -0.2) is 10.8 Å². The van der Waals surface area contributed by atoms with Gasteiger partial charge in [0.05, 0.1) is 0 Å². The molecule has 0 aromatic rings. The van der Waals surface area contributed by atoms with Crippen molar-refractivity contribution in [1.29, 1.82) is 0 Å². The summed E-state index contributed by atoms with van der Waals surface area (Å²) in [5.74, 6) is 0. The Morgan fingerprint density at radius 2 is 1.78 bits per heavy atom. The second-order valence-electron chi connectivity index (χ2n) is 2.36. The zero-order chi connectivity index (χ0) is 7.28. The summed E-state index contributed by atoms with van der Waals surface area (Å²) in [7, 11) is 0. The Labute approximate surface area is 67.5 Å². The fraction of sp³-hybridized carbons (Fsp3) is 1.00. The van der Waals surface area contributed by atoms with Crippen molar-refractivity contribution in [2.75, 3.05) is 0 Å². The van der Waals surface area contributed by atoms with Crippen LogP contribution in [0, 0.1) is 0 Å². The summed E-state index contributed by atoms with van der Waals surface area (Å²) in [6.45, 7) is 4.09. The highest BCUT2D eigenvalue weighted by Gasteiger charge is 2.02. The van der Waals surface area contributed by atoms with Gasteiger partial charge >= 0.3 is 0 Å². The molecule has 0 N–H and O–H groups in total. The molecule has 56 valence electrons. The lowest BCUT2D eigenvalue weighted by Crippen LogP contribution is -1.99. The van der Waals surface area contributed by atoms with Gasteiger partial charge in [0, 0.05) is 10.8 Å². The Morgan fingerprint density at radius 3 is 2.11 bits per heavy atom. The summed E-state index contributed by atoms with van der Waals surface area (Å²) >= 11 is 11.6. The van der Waals surface area contributed by atoms with Crippen molar-refractivity contribution in [3.8, 4) is 0 Å². The third-order valence-electron chi connectivity index (χ3n) is 1.32. The van der Waals surface area contributed by atoms with E-state index in [9.17, 15) is 0 Å². The van der Waals surface area contributed by atoms with Gasteiger partial charge in [0.1, 0.15) is 0 Å². The highest BCUT2D eigenvalue weighted by Crippen LogP contribution is 2.13. The van der Waals surface area contributed by atoms with Crippen LogP contribution in [0.4, 0.5) is 0 Å². The molecular formula is C7H14Cl2. The molecule has 0 aliphatic rings. The number of halogens is 2. The molecule has 0 saturated carbocycles. The number of hydrogen-bond acceptors (Lipinski definition) is 0. The minimum absolute atomic E-state index is 0.276. The van der Waals surface area contributed by atoms with Crippen molar-refractivity contribution in [2.24, 2.45) is 0 Å². The van der Waals surface area contributed by atoms with Crippen LogP contribution in [0.3, 0.4) is 0 Å². The Kier molecular flexibility index (Phi) is 5.72. The van der Waals surface area contributed by atoms with E-state index in [1.54, 1.807) is 0 Å². The molecule has 0 radical (unpaired) electrons. The van der Waals surface area contributed by atoms with E-state index in [-0.39, 0.29) is 5.38 Å². The fourth-order valence-electron chi connectivity index (χ4n) is 0.615. The Balaban J connectivity index is 3.06. The van der Waals surface area contributed by atoms with Crippen molar-refractivity contribution < 1.29 is 0 Å². The summed E-state index contributed by atoms with van der Waals surface area (Å²) in [5, 5.41) is 0.601. The maximum absolute atomic E-state index is 5.85. The first-order chi connectivity index (χ1) is 4.16. The van der Waals surface area contributed by atoms with Crippen molar-refractivity contribution in [1.82, 2.24) is 0 Å². The molecule has 0 nitrogen and oxygen atoms in total. The Bertz CT molecular complexity index is 61.9. The zero-order valence-electron chi connectivity index (χ0n) is 6.03. The van der Waals surface area contributed by atoms with Crippen LogP contribution in [0.5, 0.6) is 0 Å². The molecule has 2 atom stereocenters. The van der Waals surface area contributed by atoms with Gasteiger partial charge in [-0.05, 0) is 26.2 Å². The van der Waals surface area contributed by atoms with E-state index in [2.05, 4.69) is 6.92 Å². The predicted molar refractivity (Wildman–Crippen MR) is 44.5 cm³/mol. The van der Waals surface area contributed by atoms with E-state index in [1.807, 2.05) is 6.92 Å². The van der Waals surface area contributed by atoms with E-state index in [1.165, 1.54) is 0 Å². The van der Waals surface area contributed by atoms with E-state index in [0.29, 0.717) is 5.38 Å². The van der Waals surface area contributed by atoms with Crippen molar-refractivity contribution in [2.45, 2.75) is 43.9 Å². The van der Waals surface area contributed by atoms with E-state index >= 15 is 0 Å². The Morgan fingerprint density at radius 1 is 1.22 bits per heavy atom. The number of hydrogen-bond donors (Lipinski definition) is 0. The van der Waals surface area contributed by atoms with Crippen molar-refractivity contribution in [3.05, 3.63) is 0 Å². The first-order valence-electron chi connectivity index (χ1n) is 3.45. The van der Waals surface area contributed by atoms with Crippen molar-refractivity contribution in [3.63, 3.8) is 0 Å². The van der Waals surface area contributed by atoms with Gasteiger partial charge in [-0.3, -0.25) is 0 Å². The molecule has 0 rings (SSSR count). The van der Waals surface area contributed by atoms with Gasteiger partial charge in [0.15, 0.2) is 0 Å². The van der Waals surface area contributed by atoms with Crippen LogP contribution in [0.15, 0.2) is 0 Å². The fourth-order valence-corrected chi connectivity index (χ4v) is 0.867. The lowest BCUT2D eigenvalue weighted by molar-refractivity contribution is 0.668. The second-order valence-corrected chi connectivity index (χ2v) is 3.73. The normalized spacial score (nSPS) is 17.3. The lowest BCUT2D eigenvalue weighted by atomic mass is 10.2. The molecule has 0 aliphatic carbocycles. The number of alkyl halides is 2. The van der Waals surface area contributed by atoms with Gasteiger partial charge in [-0.1, -0.05) is 6.92 Å². The van der Waals surface area contributed by atoms with Gasteiger partial charge < -0.3 is 0 Å². The third-order valence-corrected chi connectivity index (χ3v) is 2.07. The first-order valence-corrected chi connectivity index (χ1v) is 4.32. The highest BCUT2D eigenvalue weighted by atomic mass is 35.5. The van der Waals surface area contributed by atoms with E-state index < -0.39 is 0 Å². The number of rotatable bonds is 4. The van der Waals surface area contributed by atoms with Crippen LogP contribution in [0.25, 0.3) is 0 Å². The second kappa shape index (κ2) is 5.37. The summed E-state index contributed by atoms with van der Waals surface area (Å²) < 4.78 is 0. The van der Waals surface area contributed by atoms with Crippen molar-refractivity contribution >= 4 is 23.2 Å².